The van der Waals surface area contributed by atoms with E-state index >= 15 is 0 Å². The van der Waals surface area contributed by atoms with E-state index in [1.165, 1.54) is 6.92 Å². The van der Waals surface area contributed by atoms with Crippen LogP contribution >= 0.6 is 0 Å². The van der Waals surface area contributed by atoms with Crippen LogP contribution < -0.4 is 10.6 Å². The summed E-state index contributed by atoms with van der Waals surface area (Å²) < 4.78 is 5.44. The number of carbonyl (C=O) groups is 3. The van der Waals surface area contributed by atoms with Gasteiger partial charge in [-0.3, -0.25) is 14.4 Å². The maximum atomic E-state index is 12.5. The van der Waals surface area contributed by atoms with Gasteiger partial charge in [0.25, 0.3) is 5.91 Å². The van der Waals surface area contributed by atoms with Crippen LogP contribution in [0.2, 0.25) is 0 Å². The topological polar surface area (TPSA) is 87.7 Å². The summed E-state index contributed by atoms with van der Waals surface area (Å²) in [5, 5.41) is 5.30. The summed E-state index contributed by atoms with van der Waals surface area (Å²) in [4.78, 5) is 36.9. The standard InChI is InChI=1S/C17H23N3O4/c1-12-11-20(8-9-24-12)17(23)14-4-3-5-15(10-14)19-16(22)6-7-18-13(2)21/h3-5,10,12H,6-9,11H2,1-2H3,(H,18,21)(H,19,22). The Morgan fingerprint density at radius 1 is 1.33 bits per heavy atom. The van der Waals surface area contributed by atoms with Crippen molar-refractivity contribution in [2.24, 2.45) is 0 Å². The Bertz CT molecular complexity index is 618. The molecule has 1 atom stereocenters. The summed E-state index contributed by atoms with van der Waals surface area (Å²) in [6.07, 6.45) is 0.206. The number of anilines is 1. The first-order valence-corrected chi connectivity index (χ1v) is 8.01. The molecule has 1 aromatic rings. The van der Waals surface area contributed by atoms with Crippen LogP contribution in [0.1, 0.15) is 30.6 Å². The van der Waals surface area contributed by atoms with Crippen molar-refractivity contribution in [1.82, 2.24) is 10.2 Å². The Hall–Kier alpha value is -2.41. The average Bonchev–Trinajstić information content (AvgIpc) is 2.54. The van der Waals surface area contributed by atoms with E-state index in [1.54, 1.807) is 29.2 Å². The molecule has 0 radical (unpaired) electrons. The number of carbonyl (C=O) groups excluding carboxylic acids is 3. The van der Waals surface area contributed by atoms with Crippen LogP contribution in [-0.4, -0.2) is 55.0 Å². The molecule has 130 valence electrons. The lowest BCUT2D eigenvalue weighted by atomic mass is 10.1. The Balaban J connectivity index is 1.94. The molecule has 1 unspecified atom stereocenters. The van der Waals surface area contributed by atoms with Gasteiger partial charge < -0.3 is 20.3 Å². The number of amides is 3. The number of benzene rings is 1. The second kappa shape index (κ2) is 8.44. The summed E-state index contributed by atoms with van der Waals surface area (Å²) in [5.41, 5.74) is 1.10. The third-order valence-corrected chi connectivity index (χ3v) is 3.65. The minimum atomic E-state index is -0.214. The van der Waals surface area contributed by atoms with Crippen molar-refractivity contribution in [3.8, 4) is 0 Å². The van der Waals surface area contributed by atoms with Crippen LogP contribution in [0.4, 0.5) is 5.69 Å². The number of nitrogens with zero attached hydrogens (tertiary/aromatic N) is 1. The third kappa shape index (κ3) is 5.34. The van der Waals surface area contributed by atoms with E-state index in [2.05, 4.69) is 10.6 Å². The quantitative estimate of drug-likeness (QED) is 0.842. The molecule has 1 heterocycles. The van der Waals surface area contributed by atoms with E-state index in [9.17, 15) is 14.4 Å². The summed E-state index contributed by atoms with van der Waals surface area (Å²) in [5.74, 6) is -0.456. The Kier molecular flexibility index (Phi) is 6.31. The predicted molar refractivity (Wildman–Crippen MR) is 89.7 cm³/mol. The fourth-order valence-corrected chi connectivity index (χ4v) is 2.49. The van der Waals surface area contributed by atoms with Gasteiger partial charge in [-0.15, -0.1) is 0 Å². The number of ether oxygens (including phenoxy) is 1. The van der Waals surface area contributed by atoms with Gasteiger partial charge in [-0.05, 0) is 25.1 Å². The molecule has 1 aromatic carbocycles. The first-order chi connectivity index (χ1) is 11.5. The molecule has 1 aliphatic heterocycles. The molecular formula is C17H23N3O4. The van der Waals surface area contributed by atoms with Crippen molar-refractivity contribution >= 4 is 23.4 Å². The number of rotatable bonds is 5. The first-order valence-electron chi connectivity index (χ1n) is 8.01. The van der Waals surface area contributed by atoms with Crippen LogP contribution in [0.15, 0.2) is 24.3 Å². The second-order valence-corrected chi connectivity index (χ2v) is 5.79. The largest absolute Gasteiger partial charge is 0.375 e. The number of morpholine rings is 1. The number of hydrogen-bond donors (Lipinski definition) is 2. The van der Waals surface area contributed by atoms with E-state index < -0.39 is 0 Å². The normalized spacial score (nSPS) is 17.2. The maximum absolute atomic E-state index is 12.5. The summed E-state index contributed by atoms with van der Waals surface area (Å²) in [6.45, 7) is 5.28. The van der Waals surface area contributed by atoms with Crippen molar-refractivity contribution in [2.45, 2.75) is 26.4 Å². The molecule has 3 amide bonds. The van der Waals surface area contributed by atoms with E-state index in [0.717, 1.165) is 0 Å². The van der Waals surface area contributed by atoms with Crippen molar-refractivity contribution in [2.75, 3.05) is 31.6 Å². The molecule has 0 bridgehead atoms. The molecule has 1 fully saturated rings. The molecule has 2 rings (SSSR count). The monoisotopic (exact) mass is 333 g/mol. The third-order valence-electron chi connectivity index (χ3n) is 3.65. The smallest absolute Gasteiger partial charge is 0.254 e. The molecule has 24 heavy (non-hydrogen) atoms. The second-order valence-electron chi connectivity index (χ2n) is 5.79. The highest BCUT2D eigenvalue weighted by Crippen LogP contribution is 2.15. The van der Waals surface area contributed by atoms with Gasteiger partial charge in [0, 0.05) is 44.2 Å². The molecular weight excluding hydrogens is 310 g/mol. The lowest BCUT2D eigenvalue weighted by Crippen LogP contribution is -2.44. The highest BCUT2D eigenvalue weighted by molar-refractivity contribution is 5.97. The van der Waals surface area contributed by atoms with Gasteiger partial charge in [0.1, 0.15) is 0 Å². The molecule has 1 aliphatic rings. The SMILES string of the molecule is CC(=O)NCCC(=O)Nc1cccc(C(=O)N2CCOC(C)C2)c1. The summed E-state index contributed by atoms with van der Waals surface area (Å²) in [7, 11) is 0. The van der Waals surface area contributed by atoms with E-state index in [1.807, 2.05) is 6.92 Å². The summed E-state index contributed by atoms with van der Waals surface area (Å²) in [6, 6.07) is 6.86. The highest BCUT2D eigenvalue weighted by atomic mass is 16.5. The molecule has 0 aliphatic carbocycles. The lowest BCUT2D eigenvalue weighted by Gasteiger charge is -2.31. The van der Waals surface area contributed by atoms with Crippen molar-refractivity contribution < 1.29 is 19.1 Å². The lowest BCUT2D eigenvalue weighted by molar-refractivity contribution is -0.119. The molecule has 7 nitrogen and oxygen atoms in total. The molecule has 0 spiro atoms. The molecule has 7 heteroatoms. The first kappa shape index (κ1) is 17.9. The van der Waals surface area contributed by atoms with Crippen LogP contribution in [0.5, 0.6) is 0 Å². The molecule has 2 N–H and O–H groups in total. The molecule has 0 saturated carbocycles. The van der Waals surface area contributed by atoms with Crippen LogP contribution in [-0.2, 0) is 14.3 Å². The van der Waals surface area contributed by atoms with Gasteiger partial charge in [0.15, 0.2) is 0 Å². The Morgan fingerprint density at radius 2 is 2.12 bits per heavy atom. The van der Waals surface area contributed by atoms with Gasteiger partial charge in [0.05, 0.1) is 12.7 Å². The van der Waals surface area contributed by atoms with Crippen molar-refractivity contribution in [1.29, 1.82) is 0 Å². The van der Waals surface area contributed by atoms with Crippen LogP contribution in [0.25, 0.3) is 0 Å². The zero-order chi connectivity index (χ0) is 17.5. The zero-order valence-electron chi connectivity index (χ0n) is 14.0. The van der Waals surface area contributed by atoms with E-state index in [-0.39, 0.29) is 36.8 Å². The Labute approximate surface area is 141 Å². The highest BCUT2D eigenvalue weighted by Gasteiger charge is 2.22. The Morgan fingerprint density at radius 3 is 2.83 bits per heavy atom. The number of hydrogen-bond acceptors (Lipinski definition) is 4. The van der Waals surface area contributed by atoms with Crippen LogP contribution in [0.3, 0.4) is 0 Å². The van der Waals surface area contributed by atoms with Gasteiger partial charge in [-0.2, -0.15) is 0 Å². The number of nitrogens with one attached hydrogen (secondary N) is 2. The minimum absolute atomic E-state index is 0.0272. The predicted octanol–water partition coefficient (Wildman–Crippen LogP) is 1.01. The van der Waals surface area contributed by atoms with E-state index in [0.29, 0.717) is 30.9 Å². The molecule has 1 saturated heterocycles. The van der Waals surface area contributed by atoms with Crippen LogP contribution in [0, 0.1) is 0 Å². The van der Waals surface area contributed by atoms with Gasteiger partial charge in [0.2, 0.25) is 11.8 Å². The minimum Gasteiger partial charge on any atom is -0.375 e. The molecule has 0 aromatic heterocycles. The van der Waals surface area contributed by atoms with Crippen molar-refractivity contribution in [3.63, 3.8) is 0 Å². The van der Waals surface area contributed by atoms with Gasteiger partial charge in [-0.25, -0.2) is 0 Å². The fourth-order valence-electron chi connectivity index (χ4n) is 2.49. The van der Waals surface area contributed by atoms with Gasteiger partial charge in [-0.1, -0.05) is 6.07 Å². The van der Waals surface area contributed by atoms with Gasteiger partial charge >= 0.3 is 0 Å². The van der Waals surface area contributed by atoms with E-state index in [4.69, 9.17) is 4.74 Å². The van der Waals surface area contributed by atoms with Crippen molar-refractivity contribution in [3.05, 3.63) is 29.8 Å². The summed E-state index contributed by atoms with van der Waals surface area (Å²) >= 11 is 0. The fraction of sp³-hybridized carbons (Fsp3) is 0.471. The zero-order valence-corrected chi connectivity index (χ0v) is 14.0. The maximum Gasteiger partial charge on any atom is 0.254 e. The average molecular weight is 333 g/mol.